The van der Waals surface area contributed by atoms with Crippen LogP contribution in [0.25, 0.3) is 0 Å². The summed E-state index contributed by atoms with van der Waals surface area (Å²) < 4.78 is 14.2. The maximum atomic E-state index is 14.2. The molecule has 2 atom stereocenters. The number of hydrogen-bond donors (Lipinski definition) is 2. The zero-order valence-electron chi connectivity index (χ0n) is 23.7. The molecular formula is C30H45FN4O4. The van der Waals surface area contributed by atoms with Crippen molar-refractivity contribution < 1.29 is 24.0 Å². The largest absolute Gasteiger partial charge is 0.344 e. The number of piperidine rings is 1. The molecule has 1 saturated heterocycles. The molecule has 1 aliphatic carbocycles. The third-order valence-corrected chi connectivity index (χ3v) is 8.92. The molecular weight excluding hydrogens is 499 g/mol. The molecule has 3 aliphatic rings. The van der Waals surface area contributed by atoms with Crippen molar-refractivity contribution in [1.29, 1.82) is 0 Å². The summed E-state index contributed by atoms with van der Waals surface area (Å²) in [5.41, 5.74) is 1.37. The summed E-state index contributed by atoms with van der Waals surface area (Å²) in [7, 11) is 0. The Labute approximate surface area is 231 Å². The monoisotopic (exact) mass is 544 g/mol. The fourth-order valence-corrected chi connectivity index (χ4v) is 6.62. The van der Waals surface area contributed by atoms with Crippen LogP contribution < -0.4 is 5.32 Å². The van der Waals surface area contributed by atoms with Gasteiger partial charge in [-0.15, -0.1) is 0 Å². The van der Waals surface area contributed by atoms with Crippen molar-refractivity contribution in [3.8, 4) is 0 Å². The summed E-state index contributed by atoms with van der Waals surface area (Å²) in [6, 6.07) is 4.94. The van der Waals surface area contributed by atoms with Crippen molar-refractivity contribution in [2.75, 3.05) is 26.2 Å². The van der Waals surface area contributed by atoms with E-state index >= 15 is 0 Å². The minimum Gasteiger partial charge on any atom is -0.344 e. The lowest BCUT2D eigenvalue weighted by atomic mass is 9.84. The fourth-order valence-electron chi connectivity index (χ4n) is 6.62. The summed E-state index contributed by atoms with van der Waals surface area (Å²) in [4.78, 5) is 42.5. The summed E-state index contributed by atoms with van der Waals surface area (Å²) >= 11 is 0. The van der Waals surface area contributed by atoms with Crippen LogP contribution in [0.15, 0.2) is 18.2 Å². The number of hydrogen-bond acceptors (Lipinski definition) is 5. The van der Waals surface area contributed by atoms with Crippen molar-refractivity contribution in [3.05, 3.63) is 35.1 Å². The number of amides is 3. The normalized spacial score (nSPS) is 20.8. The molecule has 39 heavy (non-hydrogen) atoms. The summed E-state index contributed by atoms with van der Waals surface area (Å²) in [5.74, 6) is -0.673. The number of carbonyl (C=O) groups is 3. The van der Waals surface area contributed by atoms with Gasteiger partial charge in [0.05, 0.1) is 12.5 Å². The highest BCUT2D eigenvalue weighted by Crippen LogP contribution is 2.32. The number of benzene rings is 1. The molecule has 2 heterocycles. The summed E-state index contributed by atoms with van der Waals surface area (Å²) in [5, 5.41) is 13.4. The number of carbonyl (C=O) groups excluding carboxylic acids is 3. The molecule has 0 spiro atoms. The molecule has 0 unspecified atom stereocenters. The average Bonchev–Trinajstić information content (AvgIpc) is 3.43. The lowest BCUT2D eigenvalue weighted by Gasteiger charge is -2.42. The van der Waals surface area contributed by atoms with Crippen LogP contribution >= 0.6 is 0 Å². The molecule has 1 saturated carbocycles. The Kier molecular flexibility index (Phi) is 9.64. The maximum absolute atomic E-state index is 14.2. The number of nitrogens with one attached hydrogen (secondary N) is 1. The maximum Gasteiger partial charge on any atom is 0.245 e. The van der Waals surface area contributed by atoms with Gasteiger partial charge >= 0.3 is 0 Å². The summed E-state index contributed by atoms with van der Waals surface area (Å²) in [6.07, 6.45) is 7.66. The van der Waals surface area contributed by atoms with Crippen molar-refractivity contribution in [2.45, 2.75) is 90.8 Å². The highest BCUT2D eigenvalue weighted by atomic mass is 19.1. The van der Waals surface area contributed by atoms with Gasteiger partial charge in [-0.05, 0) is 54.2 Å². The van der Waals surface area contributed by atoms with Crippen molar-refractivity contribution in [3.63, 3.8) is 0 Å². The van der Waals surface area contributed by atoms with E-state index in [0.29, 0.717) is 49.4 Å². The van der Waals surface area contributed by atoms with E-state index in [1.165, 1.54) is 6.07 Å². The molecule has 4 rings (SSSR count). The predicted molar refractivity (Wildman–Crippen MR) is 146 cm³/mol. The van der Waals surface area contributed by atoms with Gasteiger partial charge in [0.1, 0.15) is 11.9 Å². The number of fused-ring (bicyclic) bond motifs is 1. The number of likely N-dealkylation sites (tertiary alicyclic amines) is 1. The van der Waals surface area contributed by atoms with E-state index in [4.69, 9.17) is 0 Å². The first-order valence-corrected chi connectivity index (χ1v) is 14.6. The van der Waals surface area contributed by atoms with Crippen LogP contribution in [0, 0.1) is 23.1 Å². The van der Waals surface area contributed by atoms with Gasteiger partial charge in [0.25, 0.3) is 0 Å². The van der Waals surface area contributed by atoms with Gasteiger partial charge in [0.2, 0.25) is 18.2 Å². The standard InChI is InChI=1S/C30H45FN4O4/c1-30(2,3)27(32-28(37)23(19-35(39)20-36)17-21-7-4-5-8-21)29(38)33-14-11-24(12-15-33)34-16-13-25-22(18-34)9-6-10-26(25)31/h6,9-10,20-21,23-24,27,39H,4-5,7-8,11-19H2,1-3H3,(H,32,37)/t23-,27-/m1/s1. The highest BCUT2D eigenvalue weighted by molar-refractivity contribution is 5.89. The van der Waals surface area contributed by atoms with Crippen LogP contribution in [0.2, 0.25) is 0 Å². The molecule has 0 aromatic heterocycles. The topological polar surface area (TPSA) is 93.2 Å². The second kappa shape index (κ2) is 12.8. The Bertz CT molecular complexity index is 1010. The molecule has 3 amide bonds. The van der Waals surface area contributed by atoms with E-state index in [9.17, 15) is 24.0 Å². The van der Waals surface area contributed by atoms with Gasteiger partial charge in [-0.2, -0.15) is 0 Å². The fraction of sp³-hybridized carbons (Fsp3) is 0.700. The Morgan fingerprint density at radius 2 is 1.85 bits per heavy atom. The number of hydroxylamine groups is 2. The highest BCUT2D eigenvalue weighted by Gasteiger charge is 2.39. The predicted octanol–water partition coefficient (Wildman–Crippen LogP) is 3.75. The first kappa shape index (κ1) is 29.5. The second-order valence-corrected chi connectivity index (χ2v) is 12.8. The van der Waals surface area contributed by atoms with E-state index in [0.717, 1.165) is 62.7 Å². The van der Waals surface area contributed by atoms with Crippen molar-refractivity contribution >= 4 is 18.2 Å². The second-order valence-electron chi connectivity index (χ2n) is 12.8. The zero-order valence-corrected chi connectivity index (χ0v) is 23.7. The van der Waals surface area contributed by atoms with Crippen molar-refractivity contribution in [1.82, 2.24) is 20.2 Å². The van der Waals surface area contributed by atoms with Gasteiger partial charge in [-0.25, -0.2) is 9.45 Å². The molecule has 0 radical (unpaired) electrons. The molecule has 9 heteroatoms. The first-order chi connectivity index (χ1) is 18.6. The van der Waals surface area contributed by atoms with E-state index in [1.54, 1.807) is 6.07 Å². The molecule has 1 aromatic carbocycles. The zero-order chi connectivity index (χ0) is 28.2. The van der Waals surface area contributed by atoms with E-state index in [2.05, 4.69) is 10.2 Å². The SMILES string of the molecule is CC(C)(C)[C@H](NC(=O)[C@H](CC1CCCC1)CN(O)C=O)C(=O)N1CCC(N2CCc3c(F)cccc3C2)CC1. The van der Waals surface area contributed by atoms with Crippen LogP contribution in [0.4, 0.5) is 4.39 Å². The third kappa shape index (κ3) is 7.37. The molecule has 2 N–H and O–H groups in total. The van der Waals surface area contributed by atoms with E-state index in [-0.39, 0.29) is 24.2 Å². The van der Waals surface area contributed by atoms with Gasteiger partial charge < -0.3 is 10.2 Å². The molecule has 1 aromatic rings. The number of nitrogens with zero attached hydrogens (tertiary/aromatic N) is 3. The van der Waals surface area contributed by atoms with Gasteiger partial charge in [0.15, 0.2) is 0 Å². The molecule has 2 fully saturated rings. The first-order valence-electron chi connectivity index (χ1n) is 14.6. The van der Waals surface area contributed by atoms with Crippen LogP contribution in [-0.4, -0.2) is 76.6 Å². The Balaban J connectivity index is 1.37. The third-order valence-electron chi connectivity index (χ3n) is 8.92. The number of halogens is 1. The Morgan fingerprint density at radius 3 is 2.49 bits per heavy atom. The lowest BCUT2D eigenvalue weighted by Crippen LogP contribution is -2.58. The molecule has 2 aliphatic heterocycles. The Hall–Kier alpha value is -2.52. The minimum absolute atomic E-state index is 0.0782. The van der Waals surface area contributed by atoms with Crippen molar-refractivity contribution in [2.24, 2.45) is 17.3 Å². The van der Waals surface area contributed by atoms with Crippen LogP contribution in [0.1, 0.15) is 76.8 Å². The van der Waals surface area contributed by atoms with E-state index < -0.39 is 17.4 Å². The quantitative estimate of drug-likeness (QED) is 0.281. The van der Waals surface area contributed by atoms with Crippen LogP contribution in [0.5, 0.6) is 0 Å². The Morgan fingerprint density at radius 1 is 1.15 bits per heavy atom. The van der Waals surface area contributed by atoms with Gasteiger partial charge in [-0.3, -0.25) is 24.5 Å². The molecule has 0 bridgehead atoms. The molecule has 8 nitrogen and oxygen atoms in total. The average molecular weight is 545 g/mol. The van der Waals surface area contributed by atoms with Gasteiger partial charge in [0, 0.05) is 32.2 Å². The lowest BCUT2D eigenvalue weighted by molar-refractivity contribution is -0.156. The van der Waals surface area contributed by atoms with Crippen LogP contribution in [0.3, 0.4) is 0 Å². The van der Waals surface area contributed by atoms with Crippen LogP contribution in [-0.2, 0) is 27.3 Å². The smallest absolute Gasteiger partial charge is 0.245 e. The summed E-state index contributed by atoms with van der Waals surface area (Å²) in [6.45, 7) is 8.54. The number of rotatable bonds is 9. The van der Waals surface area contributed by atoms with E-state index in [1.807, 2.05) is 31.7 Å². The minimum atomic E-state index is -0.708. The molecule has 216 valence electrons. The van der Waals surface area contributed by atoms with Gasteiger partial charge in [-0.1, -0.05) is 58.6 Å².